The monoisotopic (exact) mass is 452 g/mol. The molecular formula is C24H36O8. The van der Waals surface area contributed by atoms with Crippen LogP contribution < -0.4 is 0 Å². The molecule has 0 radical (unpaired) electrons. The molecule has 0 aliphatic carbocycles. The summed E-state index contributed by atoms with van der Waals surface area (Å²) in [7, 11) is 0. The van der Waals surface area contributed by atoms with Crippen LogP contribution in [0.25, 0.3) is 0 Å². The van der Waals surface area contributed by atoms with Gasteiger partial charge in [0.15, 0.2) is 0 Å². The number of rotatable bonds is 16. The molecule has 0 heterocycles. The van der Waals surface area contributed by atoms with Gasteiger partial charge in [-0.1, -0.05) is 49.6 Å². The first kappa shape index (κ1) is 27.6. The maximum absolute atomic E-state index is 12.4. The highest BCUT2D eigenvalue weighted by Gasteiger charge is 2.58. The third kappa shape index (κ3) is 8.59. The molecule has 1 aromatic carbocycles. The van der Waals surface area contributed by atoms with E-state index in [1.165, 1.54) is 19.4 Å². The molecule has 0 saturated carbocycles. The standard InChI is InChI=1S/C24H36O8/c1-4-29-21(25)20(24(28,22(26)30-5-2)23(27)31-6-3)32-18-14-9-7-8-11-15-19-16-12-10-13-17-19/h10,12-13,16-17,20,28H,4-9,11,14-15,18H2,1-3H3. The van der Waals surface area contributed by atoms with E-state index in [2.05, 4.69) is 12.1 Å². The predicted molar refractivity (Wildman–Crippen MR) is 118 cm³/mol. The van der Waals surface area contributed by atoms with Crippen LogP contribution in [-0.2, 0) is 39.8 Å². The van der Waals surface area contributed by atoms with Gasteiger partial charge in [-0.3, -0.25) is 0 Å². The van der Waals surface area contributed by atoms with E-state index in [-0.39, 0.29) is 26.4 Å². The molecule has 0 aliphatic rings. The smallest absolute Gasteiger partial charge is 0.353 e. The Morgan fingerprint density at radius 3 is 1.91 bits per heavy atom. The Kier molecular flexibility index (Phi) is 13.2. The van der Waals surface area contributed by atoms with Crippen molar-refractivity contribution in [2.75, 3.05) is 26.4 Å². The number of carbonyl (C=O) groups excluding carboxylic acids is 3. The lowest BCUT2D eigenvalue weighted by Crippen LogP contribution is -2.61. The lowest BCUT2D eigenvalue weighted by Gasteiger charge is -2.30. The Labute approximate surface area is 190 Å². The summed E-state index contributed by atoms with van der Waals surface area (Å²) in [6, 6.07) is 10.3. The summed E-state index contributed by atoms with van der Waals surface area (Å²) in [6.45, 7) is 4.45. The van der Waals surface area contributed by atoms with Crippen LogP contribution >= 0.6 is 0 Å². The zero-order valence-corrected chi connectivity index (χ0v) is 19.3. The molecule has 1 aromatic rings. The SMILES string of the molecule is CCOC(=O)C(OCCCCCCCc1ccccc1)C(O)(C(=O)OCC)C(=O)OCC. The maximum Gasteiger partial charge on any atom is 0.353 e. The Bertz CT molecular complexity index is 670. The Morgan fingerprint density at radius 1 is 0.812 bits per heavy atom. The van der Waals surface area contributed by atoms with Crippen LogP contribution in [0.5, 0.6) is 0 Å². The summed E-state index contributed by atoms with van der Waals surface area (Å²) in [5.41, 5.74) is -1.63. The number of benzene rings is 1. The van der Waals surface area contributed by atoms with E-state index in [0.717, 1.165) is 32.1 Å². The van der Waals surface area contributed by atoms with Gasteiger partial charge < -0.3 is 24.1 Å². The first-order valence-corrected chi connectivity index (χ1v) is 11.3. The number of aliphatic hydroxyl groups is 1. The molecule has 0 spiro atoms. The van der Waals surface area contributed by atoms with Crippen molar-refractivity contribution in [3.8, 4) is 0 Å². The van der Waals surface area contributed by atoms with Gasteiger partial charge in [-0.15, -0.1) is 0 Å². The summed E-state index contributed by atoms with van der Waals surface area (Å²) >= 11 is 0. The second kappa shape index (κ2) is 15.4. The van der Waals surface area contributed by atoms with E-state index in [1.54, 1.807) is 6.92 Å². The van der Waals surface area contributed by atoms with Crippen LogP contribution in [0.15, 0.2) is 30.3 Å². The van der Waals surface area contributed by atoms with Gasteiger partial charge in [0, 0.05) is 6.61 Å². The molecule has 0 aliphatic heterocycles. The molecule has 0 saturated heterocycles. The third-order valence-electron chi connectivity index (χ3n) is 4.79. The molecule has 180 valence electrons. The van der Waals surface area contributed by atoms with Gasteiger partial charge >= 0.3 is 17.9 Å². The molecule has 1 N–H and O–H groups in total. The lowest BCUT2D eigenvalue weighted by molar-refractivity contribution is -0.208. The minimum absolute atomic E-state index is 0.0121. The van der Waals surface area contributed by atoms with Crippen LogP contribution in [0.2, 0.25) is 0 Å². The lowest BCUT2D eigenvalue weighted by atomic mass is 9.96. The summed E-state index contributed by atoms with van der Waals surface area (Å²) in [5, 5.41) is 10.9. The Balaban J connectivity index is 2.62. The van der Waals surface area contributed by atoms with E-state index in [0.29, 0.717) is 6.42 Å². The second-order valence-electron chi connectivity index (χ2n) is 7.21. The molecule has 0 bridgehead atoms. The van der Waals surface area contributed by atoms with Crippen LogP contribution in [0.4, 0.5) is 0 Å². The first-order chi connectivity index (χ1) is 15.4. The van der Waals surface area contributed by atoms with Crippen LogP contribution in [0.1, 0.15) is 58.4 Å². The average molecular weight is 453 g/mol. The van der Waals surface area contributed by atoms with Crippen LogP contribution in [0.3, 0.4) is 0 Å². The average Bonchev–Trinajstić information content (AvgIpc) is 2.78. The first-order valence-electron chi connectivity index (χ1n) is 11.3. The number of aryl methyl sites for hydroxylation is 1. The van der Waals surface area contributed by atoms with Crippen molar-refractivity contribution in [2.24, 2.45) is 0 Å². The van der Waals surface area contributed by atoms with Gasteiger partial charge in [0.05, 0.1) is 19.8 Å². The van der Waals surface area contributed by atoms with E-state index in [4.69, 9.17) is 18.9 Å². The summed E-state index contributed by atoms with van der Waals surface area (Å²) < 4.78 is 20.1. The van der Waals surface area contributed by atoms with Gasteiger partial charge in [-0.2, -0.15) is 0 Å². The number of carbonyl (C=O) groups is 3. The molecule has 8 heteroatoms. The highest BCUT2D eigenvalue weighted by molar-refractivity contribution is 6.08. The minimum atomic E-state index is -2.94. The highest BCUT2D eigenvalue weighted by atomic mass is 16.6. The zero-order chi connectivity index (χ0) is 23.8. The summed E-state index contributed by atoms with van der Waals surface area (Å²) in [5.74, 6) is -3.64. The number of hydrogen-bond donors (Lipinski definition) is 1. The van der Waals surface area contributed by atoms with E-state index in [1.807, 2.05) is 18.2 Å². The number of hydrogen-bond acceptors (Lipinski definition) is 8. The normalized spacial score (nSPS) is 12.1. The molecular weight excluding hydrogens is 416 g/mol. The van der Waals surface area contributed by atoms with Crippen molar-refractivity contribution in [3.63, 3.8) is 0 Å². The third-order valence-corrected chi connectivity index (χ3v) is 4.79. The van der Waals surface area contributed by atoms with Crippen molar-refractivity contribution in [1.29, 1.82) is 0 Å². The number of ether oxygens (including phenoxy) is 4. The van der Waals surface area contributed by atoms with Crippen molar-refractivity contribution in [2.45, 2.75) is 71.0 Å². The fourth-order valence-electron chi connectivity index (χ4n) is 3.16. The van der Waals surface area contributed by atoms with Crippen molar-refractivity contribution < 1.29 is 38.4 Å². The van der Waals surface area contributed by atoms with Crippen molar-refractivity contribution >= 4 is 17.9 Å². The fraction of sp³-hybridized carbons (Fsp3) is 0.625. The number of esters is 3. The minimum Gasteiger partial charge on any atom is -0.464 e. The topological polar surface area (TPSA) is 108 Å². The molecule has 1 unspecified atom stereocenters. The van der Waals surface area contributed by atoms with Gasteiger partial charge in [-0.25, -0.2) is 14.4 Å². The van der Waals surface area contributed by atoms with Crippen molar-refractivity contribution in [1.82, 2.24) is 0 Å². The predicted octanol–water partition coefficient (Wildman–Crippen LogP) is 2.99. The van der Waals surface area contributed by atoms with Crippen molar-refractivity contribution in [3.05, 3.63) is 35.9 Å². The largest absolute Gasteiger partial charge is 0.464 e. The fourth-order valence-corrected chi connectivity index (χ4v) is 3.16. The van der Waals surface area contributed by atoms with E-state index in [9.17, 15) is 19.5 Å². The quantitative estimate of drug-likeness (QED) is 0.176. The molecule has 1 atom stereocenters. The van der Waals surface area contributed by atoms with Gasteiger partial charge in [0.1, 0.15) is 0 Å². The van der Waals surface area contributed by atoms with Gasteiger partial charge in [0.25, 0.3) is 5.60 Å². The molecule has 0 fully saturated rings. The Hall–Kier alpha value is -2.45. The Morgan fingerprint density at radius 2 is 1.34 bits per heavy atom. The molecule has 0 amide bonds. The highest BCUT2D eigenvalue weighted by Crippen LogP contribution is 2.22. The summed E-state index contributed by atoms with van der Waals surface area (Å²) in [6.07, 6.45) is 3.66. The summed E-state index contributed by atoms with van der Waals surface area (Å²) in [4.78, 5) is 37.2. The molecule has 8 nitrogen and oxygen atoms in total. The molecule has 0 aromatic heterocycles. The maximum atomic E-state index is 12.4. The van der Waals surface area contributed by atoms with Crippen LogP contribution in [0, 0.1) is 0 Å². The molecule has 1 rings (SSSR count). The zero-order valence-electron chi connectivity index (χ0n) is 19.3. The van der Waals surface area contributed by atoms with Gasteiger partial charge in [-0.05, 0) is 45.6 Å². The van der Waals surface area contributed by atoms with E-state index < -0.39 is 29.6 Å². The second-order valence-corrected chi connectivity index (χ2v) is 7.21. The molecule has 32 heavy (non-hydrogen) atoms. The van der Waals surface area contributed by atoms with Gasteiger partial charge in [0.2, 0.25) is 6.10 Å². The number of unbranched alkanes of at least 4 members (excludes halogenated alkanes) is 4. The van der Waals surface area contributed by atoms with Crippen LogP contribution in [-0.4, -0.2) is 61.1 Å². The van der Waals surface area contributed by atoms with E-state index >= 15 is 0 Å².